The van der Waals surface area contributed by atoms with Gasteiger partial charge in [-0.05, 0) is 56.8 Å². The second-order valence-corrected chi connectivity index (χ2v) is 16.2. The van der Waals surface area contributed by atoms with Gasteiger partial charge in [0.15, 0.2) is 0 Å². The van der Waals surface area contributed by atoms with Gasteiger partial charge in [0.25, 0.3) is 0 Å². The number of carboxylic acid groups (broad SMARTS) is 1. The van der Waals surface area contributed by atoms with E-state index in [1.54, 1.807) is 0 Å². The molecule has 8 heteroatoms. The summed E-state index contributed by atoms with van der Waals surface area (Å²) in [5, 5.41) is 17.2. The predicted molar refractivity (Wildman–Crippen MR) is 239 cm³/mol. The highest BCUT2D eigenvalue weighted by molar-refractivity contribution is 5.89. The van der Waals surface area contributed by atoms with Crippen LogP contribution in [-0.2, 0) is 19.2 Å². The number of hydrogen-bond donors (Lipinski definition) is 4. The quantitative estimate of drug-likeness (QED) is 0.0362. The van der Waals surface area contributed by atoms with Crippen molar-refractivity contribution in [2.24, 2.45) is 0 Å². The van der Waals surface area contributed by atoms with Crippen LogP contribution in [0.25, 0.3) is 0 Å². The zero-order chi connectivity index (χ0) is 41.7. The maximum absolute atomic E-state index is 12.6. The Morgan fingerprint density at radius 1 is 0.456 bits per heavy atom. The van der Waals surface area contributed by atoms with Crippen molar-refractivity contribution in [2.45, 2.75) is 251 Å². The molecule has 4 N–H and O–H groups in total. The van der Waals surface area contributed by atoms with E-state index in [-0.39, 0.29) is 11.8 Å². The Balaban J connectivity index is 3.91. The maximum Gasteiger partial charge on any atom is 0.322 e. The minimum atomic E-state index is -1.13. The molecular formula is C49H87N3O5. The van der Waals surface area contributed by atoms with E-state index < -0.39 is 24.5 Å². The van der Waals surface area contributed by atoms with Crippen molar-refractivity contribution in [3.63, 3.8) is 0 Å². The molecule has 0 aliphatic heterocycles. The fraction of sp³-hybridized carbons (Fsp3) is 0.837. The summed E-state index contributed by atoms with van der Waals surface area (Å²) >= 11 is 0. The Bertz CT molecular complexity index is 1100. The van der Waals surface area contributed by atoms with Crippen LogP contribution in [0.4, 0.5) is 0 Å². The molecule has 0 fully saturated rings. The van der Waals surface area contributed by atoms with Crippen molar-refractivity contribution >= 4 is 23.7 Å². The number of unbranched alkanes of at least 4 members (excludes halogenated alkanes) is 29. The van der Waals surface area contributed by atoms with Gasteiger partial charge in [-0.15, -0.1) is 0 Å². The molecule has 3 amide bonds. The molecule has 0 aromatic carbocycles. The zero-order valence-corrected chi connectivity index (χ0v) is 37.0. The van der Waals surface area contributed by atoms with Crippen LogP contribution >= 0.6 is 0 Å². The molecule has 0 aliphatic rings. The van der Waals surface area contributed by atoms with Gasteiger partial charge < -0.3 is 21.1 Å². The summed E-state index contributed by atoms with van der Waals surface area (Å²) in [6.07, 6.45) is 40.4. The molecule has 0 saturated carbocycles. The van der Waals surface area contributed by atoms with Crippen molar-refractivity contribution in [1.82, 2.24) is 16.0 Å². The van der Waals surface area contributed by atoms with E-state index >= 15 is 0 Å². The van der Waals surface area contributed by atoms with Gasteiger partial charge in [-0.3, -0.25) is 19.2 Å². The summed E-state index contributed by atoms with van der Waals surface area (Å²) in [6, 6.07) is -0.778. The number of carbonyl (C=O) groups excluding carboxylic acids is 3. The minimum absolute atomic E-state index is 0.0430. The Labute approximate surface area is 350 Å². The van der Waals surface area contributed by atoms with Crippen molar-refractivity contribution in [2.75, 3.05) is 13.1 Å². The van der Waals surface area contributed by atoms with Crippen LogP contribution in [0.15, 0.2) is 0 Å². The number of carbonyl (C=O) groups is 4. The number of amides is 3. The van der Waals surface area contributed by atoms with Crippen LogP contribution in [0.3, 0.4) is 0 Å². The van der Waals surface area contributed by atoms with Crippen LogP contribution in [0.1, 0.15) is 245 Å². The van der Waals surface area contributed by atoms with Crippen molar-refractivity contribution in [1.29, 1.82) is 0 Å². The summed E-state index contributed by atoms with van der Waals surface area (Å²) in [4.78, 5) is 48.5. The van der Waals surface area contributed by atoms with Gasteiger partial charge in [-0.1, -0.05) is 186 Å². The second-order valence-electron chi connectivity index (χ2n) is 16.2. The van der Waals surface area contributed by atoms with Crippen LogP contribution in [0.2, 0.25) is 0 Å². The fourth-order valence-electron chi connectivity index (χ4n) is 7.03. The van der Waals surface area contributed by atoms with Gasteiger partial charge in [-0.2, -0.15) is 0 Å². The SMILES string of the molecule is CCCCCCCCCCCCC#CC#CCCCCCCCCC(=O)NCCCCC(NC(=O)CCCCCCCCCCCCCCC)C(=O)NCC(=O)O. The average Bonchev–Trinajstić information content (AvgIpc) is 3.20. The summed E-state index contributed by atoms with van der Waals surface area (Å²) in [7, 11) is 0. The van der Waals surface area contributed by atoms with Gasteiger partial charge in [0.2, 0.25) is 17.7 Å². The summed E-state index contributed by atoms with van der Waals surface area (Å²) in [6.45, 7) is 4.55. The lowest BCUT2D eigenvalue weighted by Crippen LogP contribution is -2.47. The molecule has 57 heavy (non-hydrogen) atoms. The zero-order valence-electron chi connectivity index (χ0n) is 37.0. The standard InChI is InChI=1S/C49H87N3O5/c1-3-5-7-9-11-13-15-17-18-19-20-21-22-23-24-25-27-28-30-32-34-36-41-46(53)50-43-39-38-40-45(49(57)51-44-48(55)56)52-47(54)42-37-35-33-31-29-26-16-14-12-10-8-6-4-2/h45H,3-20,25-44H2,1-2H3,(H,50,53)(H,51,57)(H,52,54)(H,55,56). The van der Waals surface area contributed by atoms with Crippen LogP contribution in [-0.4, -0.2) is 47.9 Å². The highest BCUT2D eigenvalue weighted by atomic mass is 16.4. The van der Waals surface area contributed by atoms with E-state index in [9.17, 15) is 19.2 Å². The highest BCUT2D eigenvalue weighted by Gasteiger charge is 2.20. The first kappa shape index (κ1) is 54.0. The Morgan fingerprint density at radius 3 is 1.26 bits per heavy atom. The van der Waals surface area contributed by atoms with Crippen molar-refractivity contribution in [3.05, 3.63) is 0 Å². The molecule has 0 saturated heterocycles. The van der Waals surface area contributed by atoms with Gasteiger partial charge in [0, 0.05) is 32.2 Å². The minimum Gasteiger partial charge on any atom is -0.480 e. The lowest BCUT2D eigenvalue weighted by Gasteiger charge is -2.18. The second kappa shape index (κ2) is 44.1. The average molecular weight is 798 g/mol. The first-order valence-corrected chi connectivity index (χ1v) is 23.9. The molecule has 1 atom stereocenters. The Morgan fingerprint density at radius 2 is 0.842 bits per heavy atom. The third kappa shape index (κ3) is 42.4. The number of aliphatic carboxylic acids is 1. The van der Waals surface area contributed by atoms with E-state index in [1.165, 1.54) is 128 Å². The molecule has 0 radical (unpaired) electrons. The Kier molecular flexibility index (Phi) is 41.8. The van der Waals surface area contributed by atoms with E-state index in [0.717, 1.165) is 70.6 Å². The summed E-state index contributed by atoms with van der Waals surface area (Å²) in [5.41, 5.74) is 0. The number of carboxylic acids is 1. The monoisotopic (exact) mass is 798 g/mol. The van der Waals surface area contributed by atoms with E-state index in [1.807, 2.05) is 0 Å². The van der Waals surface area contributed by atoms with Gasteiger partial charge in [-0.25, -0.2) is 0 Å². The largest absolute Gasteiger partial charge is 0.480 e. The lowest BCUT2D eigenvalue weighted by molar-refractivity contribution is -0.138. The van der Waals surface area contributed by atoms with Gasteiger partial charge >= 0.3 is 5.97 Å². The molecular weight excluding hydrogens is 711 g/mol. The van der Waals surface area contributed by atoms with Crippen molar-refractivity contribution in [3.8, 4) is 23.7 Å². The third-order valence-electron chi connectivity index (χ3n) is 10.7. The first-order chi connectivity index (χ1) is 27.9. The molecule has 8 nitrogen and oxygen atoms in total. The van der Waals surface area contributed by atoms with Crippen LogP contribution in [0.5, 0.6) is 0 Å². The Hall–Kier alpha value is -3.00. The molecule has 0 bridgehead atoms. The molecule has 0 rings (SSSR count). The molecule has 0 aliphatic carbocycles. The van der Waals surface area contributed by atoms with E-state index in [4.69, 9.17) is 5.11 Å². The molecule has 0 spiro atoms. The molecule has 0 aromatic rings. The normalized spacial score (nSPS) is 11.2. The van der Waals surface area contributed by atoms with Gasteiger partial charge in [0.1, 0.15) is 12.6 Å². The smallest absolute Gasteiger partial charge is 0.322 e. The topological polar surface area (TPSA) is 125 Å². The highest BCUT2D eigenvalue weighted by Crippen LogP contribution is 2.14. The van der Waals surface area contributed by atoms with Crippen LogP contribution in [0, 0.1) is 23.7 Å². The maximum atomic E-state index is 12.6. The third-order valence-corrected chi connectivity index (χ3v) is 10.7. The lowest BCUT2D eigenvalue weighted by atomic mass is 10.0. The summed E-state index contributed by atoms with van der Waals surface area (Å²) < 4.78 is 0. The van der Waals surface area contributed by atoms with Crippen molar-refractivity contribution < 1.29 is 24.3 Å². The molecule has 0 aromatic heterocycles. The van der Waals surface area contributed by atoms with Gasteiger partial charge in [0.05, 0.1) is 0 Å². The van der Waals surface area contributed by atoms with Crippen LogP contribution < -0.4 is 16.0 Å². The number of nitrogens with one attached hydrogen (secondary N) is 3. The first-order valence-electron chi connectivity index (χ1n) is 23.9. The predicted octanol–water partition coefficient (Wildman–Crippen LogP) is 11.9. The number of rotatable bonds is 41. The molecule has 328 valence electrons. The van der Waals surface area contributed by atoms with E-state index in [0.29, 0.717) is 38.6 Å². The fourth-order valence-corrected chi connectivity index (χ4v) is 7.03. The molecule has 1 unspecified atom stereocenters. The molecule has 0 heterocycles. The summed E-state index contributed by atoms with van der Waals surface area (Å²) in [5.74, 6) is 10.7. The van der Waals surface area contributed by atoms with E-state index in [2.05, 4.69) is 53.5 Å². The number of hydrogen-bond acceptors (Lipinski definition) is 4.